The lowest BCUT2D eigenvalue weighted by atomic mass is 9.95. The molecular formula is C22H36N4. The first kappa shape index (κ1) is 19.4. The fourth-order valence-electron chi connectivity index (χ4n) is 4.35. The largest absolute Gasteiger partial charge is 0.348 e. The van der Waals surface area contributed by atoms with Crippen LogP contribution >= 0.6 is 0 Å². The molecule has 4 nitrogen and oxygen atoms in total. The molecule has 4 heteroatoms. The SMILES string of the molecule is CC(C)=CCC/C(C)=C/CN1C[C@H]2CC[C@@H]1CN(Cc1nc[nH]c1C)C2. The van der Waals surface area contributed by atoms with Crippen molar-refractivity contribution in [3.05, 3.63) is 41.0 Å². The molecule has 2 bridgehead atoms. The van der Waals surface area contributed by atoms with Gasteiger partial charge in [0, 0.05) is 44.5 Å². The van der Waals surface area contributed by atoms with Gasteiger partial charge in [-0.1, -0.05) is 23.3 Å². The Morgan fingerprint density at radius 3 is 2.77 bits per heavy atom. The fourth-order valence-corrected chi connectivity index (χ4v) is 4.35. The van der Waals surface area contributed by atoms with E-state index in [0.29, 0.717) is 6.04 Å². The number of imidazole rings is 1. The molecule has 0 amide bonds. The van der Waals surface area contributed by atoms with Crippen LogP contribution < -0.4 is 0 Å². The maximum absolute atomic E-state index is 4.51. The molecule has 0 radical (unpaired) electrons. The van der Waals surface area contributed by atoms with Crippen LogP contribution in [-0.4, -0.2) is 52.0 Å². The van der Waals surface area contributed by atoms with E-state index < -0.39 is 0 Å². The number of aromatic amines is 1. The standard InChI is InChI=1S/C22H36N4/c1-17(2)6-5-7-18(3)10-11-26-13-20-8-9-21(26)14-25(12-20)15-22-19(4)23-16-24-22/h6,10,16,20-21H,5,7-9,11-15H2,1-4H3,(H,23,24)/b18-10+/t20-,21+/m0/s1. The highest BCUT2D eigenvalue weighted by Gasteiger charge is 2.34. The first-order chi connectivity index (χ1) is 12.5. The average molecular weight is 357 g/mol. The number of nitrogens with one attached hydrogen (secondary N) is 1. The molecule has 0 aromatic carbocycles. The van der Waals surface area contributed by atoms with Gasteiger partial charge in [0.15, 0.2) is 0 Å². The number of allylic oxidation sites excluding steroid dienone is 3. The van der Waals surface area contributed by atoms with Crippen molar-refractivity contribution in [1.82, 2.24) is 19.8 Å². The van der Waals surface area contributed by atoms with E-state index in [1.54, 1.807) is 0 Å². The second kappa shape index (κ2) is 9.01. The van der Waals surface area contributed by atoms with Gasteiger partial charge in [-0.05, 0) is 59.3 Å². The number of nitrogens with zero attached hydrogens (tertiary/aromatic N) is 3. The normalized spacial score (nSPS) is 24.7. The maximum Gasteiger partial charge on any atom is 0.0925 e. The molecule has 3 saturated heterocycles. The van der Waals surface area contributed by atoms with Gasteiger partial charge in [-0.15, -0.1) is 0 Å². The van der Waals surface area contributed by atoms with E-state index in [-0.39, 0.29) is 0 Å². The second-order valence-electron chi connectivity index (χ2n) is 8.59. The minimum Gasteiger partial charge on any atom is -0.348 e. The summed E-state index contributed by atoms with van der Waals surface area (Å²) >= 11 is 0. The highest BCUT2D eigenvalue weighted by atomic mass is 15.3. The van der Waals surface area contributed by atoms with E-state index in [9.17, 15) is 0 Å². The van der Waals surface area contributed by atoms with E-state index in [1.165, 1.54) is 67.9 Å². The van der Waals surface area contributed by atoms with Gasteiger partial charge in [0.05, 0.1) is 12.0 Å². The van der Waals surface area contributed by atoms with Crippen LogP contribution in [0.15, 0.2) is 29.6 Å². The van der Waals surface area contributed by atoms with Crippen LogP contribution in [0.5, 0.6) is 0 Å². The number of aryl methyl sites for hydroxylation is 1. The lowest BCUT2D eigenvalue weighted by Gasteiger charge is -2.35. The summed E-state index contributed by atoms with van der Waals surface area (Å²) in [6.07, 6.45) is 11.8. The van der Waals surface area contributed by atoms with Crippen molar-refractivity contribution < 1.29 is 0 Å². The molecule has 1 aromatic heterocycles. The maximum atomic E-state index is 4.51. The predicted octanol–water partition coefficient (Wildman–Crippen LogP) is 4.31. The van der Waals surface area contributed by atoms with Crippen molar-refractivity contribution in [1.29, 1.82) is 0 Å². The number of H-pyrrole nitrogens is 1. The Labute approximate surface area is 159 Å². The summed E-state index contributed by atoms with van der Waals surface area (Å²) in [5.74, 6) is 0.812. The molecule has 3 aliphatic heterocycles. The van der Waals surface area contributed by atoms with Crippen LogP contribution in [-0.2, 0) is 6.54 Å². The Balaban J connectivity index is 1.54. The third-order valence-electron chi connectivity index (χ3n) is 5.98. The zero-order chi connectivity index (χ0) is 18.5. The fraction of sp³-hybridized carbons (Fsp3) is 0.682. The van der Waals surface area contributed by atoms with E-state index in [1.807, 2.05) is 6.33 Å². The van der Waals surface area contributed by atoms with Gasteiger partial charge in [-0.2, -0.15) is 0 Å². The molecule has 0 unspecified atom stereocenters. The molecule has 0 spiro atoms. The van der Waals surface area contributed by atoms with Crippen LogP contribution in [0.3, 0.4) is 0 Å². The van der Waals surface area contributed by atoms with Gasteiger partial charge >= 0.3 is 0 Å². The van der Waals surface area contributed by atoms with Crippen molar-refractivity contribution >= 4 is 0 Å². The summed E-state index contributed by atoms with van der Waals surface area (Å²) in [4.78, 5) is 13.1. The van der Waals surface area contributed by atoms with Crippen molar-refractivity contribution in [2.45, 2.75) is 66.0 Å². The Bertz CT molecular complexity index is 638. The van der Waals surface area contributed by atoms with Gasteiger partial charge in [0.25, 0.3) is 0 Å². The minimum absolute atomic E-state index is 0.704. The molecule has 0 saturated carbocycles. The summed E-state index contributed by atoms with van der Waals surface area (Å²) in [6, 6.07) is 0.704. The quantitative estimate of drug-likeness (QED) is 0.740. The van der Waals surface area contributed by atoms with Crippen molar-refractivity contribution in [3.8, 4) is 0 Å². The van der Waals surface area contributed by atoms with Crippen molar-refractivity contribution in [3.63, 3.8) is 0 Å². The Morgan fingerprint density at radius 2 is 2.04 bits per heavy atom. The second-order valence-corrected chi connectivity index (χ2v) is 8.59. The summed E-state index contributed by atoms with van der Waals surface area (Å²) in [6.45, 7) is 14.6. The smallest absolute Gasteiger partial charge is 0.0925 e. The molecule has 4 rings (SSSR count). The summed E-state index contributed by atoms with van der Waals surface area (Å²) in [5.41, 5.74) is 5.39. The molecule has 1 N–H and O–H groups in total. The van der Waals surface area contributed by atoms with E-state index in [4.69, 9.17) is 0 Å². The topological polar surface area (TPSA) is 35.2 Å². The highest BCUT2D eigenvalue weighted by molar-refractivity contribution is 5.09. The number of aromatic nitrogens is 2. The number of hydrogen-bond donors (Lipinski definition) is 1. The van der Waals surface area contributed by atoms with Crippen LogP contribution in [0.2, 0.25) is 0 Å². The van der Waals surface area contributed by atoms with Crippen LogP contribution in [0.25, 0.3) is 0 Å². The third-order valence-corrected chi connectivity index (χ3v) is 5.98. The van der Waals surface area contributed by atoms with Gasteiger partial charge in [0.1, 0.15) is 0 Å². The first-order valence-electron chi connectivity index (χ1n) is 10.3. The zero-order valence-corrected chi connectivity index (χ0v) is 17.1. The van der Waals surface area contributed by atoms with Crippen LogP contribution in [0, 0.1) is 12.8 Å². The van der Waals surface area contributed by atoms with Gasteiger partial charge in [-0.25, -0.2) is 4.98 Å². The molecule has 0 aliphatic carbocycles. The zero-order valence-electron chi connectivity index (χ0n) is 17.1. The van der Waals surface area contributed by atoms with E-state index >= 15 is 0 Å². The Hall–Kier alpha value is -1.39. The van der Waals surface area contributed by atoms with E-state index in [0.717, 1.165) is 19.0 Å². The molecule has 2 atom stereocenters. The number of rotatable bonds is 7. The Morgan fingerprint density at radius 1 is 1.19 bits per heavy atom. The number of piperidine rings is 1. The molecule has 144 valence electrons. The van der Waals surface area contributed by atoms with Gasteiger partial charge < -0.3 is 4.98 Å². The third kappa shape index (κ3) is 5.31. The summed E-state index contributed by atoms with van der Waals surface area (Å²) < 4.78 is 0. The van der Waals surface area contributed by atoms with Gasteiger partial charge in [0.2, 0.25) is 0 Å². The molecule has 4 heterocycles. The van der Waals surface area contributed by atoms with Crippen LogP contribution in [0.4, 0.5) is 0 Å². The van der Waals surface area contributed by atoms with Crippen LogP contribution in [0.1, 0.15) is 57.8 Å². The molecule has 1 aromatic rings. The lowest BCUT2D eigenvalue weighted by Crippen LogP contribution is -2.43. The predicted molar refractivity (Wildman–Crippen MR) is 109 cm³/mol. The number of fused-ring (bicyclic) bond motifs is 4. The summed E-state index contributed by atoms with van der Waals surface area (Å²) in [7, 11) is 0. The molecule has 3 fully saturated rings. The van der Waals surface area contributed by atoms with Gasteiger partial charge in [-0.3, -0.25) is 9.80 Å². The highest BCUT2D eigenvalue weighted by Crippen LogP contribution is 2.29. The number of hydrogen-bond acceptors (Lipinski definition) is 3. The summed E-state index contributed by atoms with van der Waals surface area (Å²) in [5, 5.41) is 0. The molecule has 3 aliphatic rings. The lowest BCUT2D eigenvalue weighted by molar-refractivity contribution is 0.146. The molecule has 26 heavy (non-hydrogen) atoms. The monoisotopic (exact) mass is 356 g/mol. The van der Waals surface area contributed by atoms with E-state index in [2.05, 4.69) is 59.6 Å². The first-order valence-corrected chi connectivity index (χ1v) is 10.3. The average Bonchev–Trinajstić information content (AvgIpc) is 2.81. The Kier molecular flexibility index (Phi) is 6.71. The minimum atomic E-state index is 0.704. The van der Waals surface area contributed by atoms with Crippen molar-refractivity contribution in [2.75, 3.05) is 26.2 Å². The molecular weight excluding hydrogens is 320 g/mol. The van der Waals surface area contributed by atoms with Crippen molar-refractivity contribution in [2.24, 2.45) is 5.92 Å².